The number of ether oxygens (including phenoxy) is 1. The van der Waals surface area contributed by atoms with Gasteiger partial charge in [0.15, 0.2) is 10.7 Å². The van der Waals surface area contributed by atoms with Crippen molar-refractivity contribution in [3.8, 4) is 17.3 Å². The molecule has 3 aromatic heterocycles. The van der Waals surface area contributed by atoms with Crippen LogP contribution in [0.3, 0.4) is 0 Å². The topological polar surface area (TPSA) is 160 Å². The van der Waals surface area contributed by atoms with Gasteiger partial charge in [-0.2, -0.15) is 0 Å². The summed E-state index contributed by atoms with van der Waals surface area (Å²) in [5.41, 5.74) is 1.15. The quantitative estimate of drug-likeness (QED) is 0.314. The van der Waals surface area contributed by atoms with Crippen LogP contribution in [-0.4, -0.2) is 70.7 Å². The van der Waals surface area contributed by atoms with Crippen molar-refractivity contribution in [3.63, 3.8) is 0 Å². The van der Waals surface area contributed by atoms with E-state index in [1.807, 2.05) is 6.92 Å². The van der Waals surface area contributed by atoms with Crippen LogP contribution in [0, 0.1) is 11.6 Å². The number of halogens is 2. The predicted molar refractivity (Wildman–Crippen MR) is 139 cm³/mol. The van der Waals surface area contributed by atoms with Gasteiger partial charge in [0.2, 0.25) is 5.88 Å². The minimum atomic E-state index is -4.74. The molecular weight excluding hydrogens is 548 g/mol. The highest BCUT2D eigenvalue weighted by atomic mass is 32.2. The number of fused-ring (bicyclic) bond motifs is 1. The molecule has 0 bridgehead atoms. The van der Waals surface area contributed by atoms with Crippen molar-refractivity contribution in [1.29, 1.82) is 0 Å². The molecule has 0 saturated carbocycles. The molecule has 40 heavy (non-hydrogen) atoms. The molecule has 0 radical (unpaired) electrons. The van der Waals surface area contributed by atoms with Crippen LogP contribution < -0.4 is 14.8 Å². The minimum absolute atomic E-state index is 0.0754. The normalized spacial score (nSPS) is 17.6. The second-order valence-electron chi connectivity index (χ2n) is 9.00. The van der Waals surface area contributed by atoms with E-state index < -0.39 is 38.7 Å². The molecule has 1 aliphatic heterocycles. The molecule has 2 atom stereocenters. The van der Waals surface area contributed by atoms with Crippen LogP contribution in [0.2, 0.25) is 0 Å². The first-order chi connectivity index (χ1) is 19.1. The van der Waals surface area contributed by atoms with E-state index in [1.54, 1.807) is 18.3 Å². The number of piperazine rings is 1. The second kappa shape index (κ2) is 10.6. The molecule has 1 amide bonds. The lowest BCUT2D eigenvalue weighted by Crippen LogP contribution is -2.53. The van der Waals surface area contributed by atoms with Gasteiger partial charge in [-0.25, -0.2) is 36.9 Å². The monoisotopic (exact) mass is 571 g/mol. The van der Waals surface area contributed by atoms with Crippen molar-refractivity contribution in [1.82, 2.24) is 30.2 Å². The number of benzene rings is 1. The lowest BCUT2D eigenvalue weighted by molar-refractivity contribution is 0.100. The highest BCUT2D eigenvalue weighted by molar-refractivity contribution is 7.92. The molecule has 0 aliphatic carbocycles. The summed E-state index contributed by atoms with van der Waals surface area (Å²) in [6, 6.07) is 6.57. The van der Waals surface area contributed by atoms with E-state index in [4.69, 9.17) is 4.74 Å². The van der Waals surface area contributed by atoms with Crippen LogP contribution in [0.1, 0.15) is 18.7 Å². The van der Waals surface area contributed by atoms with Crippen molar-refractivity contribution in [2.45, 2.75) is 23.9 Å². The summed E-state index contributed by atoms with van der Waals surface area (Å²) in [7, 11) is -3.49. The Morgan fingerprint density at radius 2 is 1.93 bits per heavy atom. The Morgan fingerprint density at radius 3 is 2.62 bits per heavy atom. The summed E-state index contributed by atoms with van der Waals surface area (Å²) < 4.78 is 61.7. The van der Waals surface area contributed by atoms with Crippen LogP contribution in [0.4, 0.5) is 19.3 Å². The Bertz CT molecular complexity index is 1700. The number of hydrogen-bond acceptors (Lipinski definition) is 9. The zero-order valence-electron chi connectivity index (χ0n) is 21.2. The van der Waals surface area contributed by atoms with Crippen molar-refractivity contribution < 1.29 is 31.8 Å². The van der Waals surface area contributed by atoms with Crippen LogP contribution in [0.25, 0.3) is 22.4 Å². The molecule has 3 N–H and O–H groups in total. The number of methoxy groups -OCH3 is 1. The van der Waals surface area contributed by atoms with Crippen LogP contribution in [0.15, 0.2) is 53.7 Å². The van der Waals surface area contributed by atoms with Gasteiger partial charge in [-0.05, 0) is 37.3 Å². The number of nitrogens with one attached hydrogen (secondary N) is 2. The number of carbonyl (C=O) groups is 1. The van der Waals surface area contributed by atoms with Crippen LogP contribution in [0.5, 0.6) is 5.88 Å². The number of carboxylic acid groups (broad SMARTS) is 1. The summed E-state index contributed by atoms with van der Waals surface area (Å²) in [4.78, 5) is 29.9. The van der Waals surface area contributed by atoms with Crippen molar-refractivity contribution in [3.05, 3.63) is 66.1 Å². The summed E-state index contributed by atoms with van der Waals surface area (Å²) in [5.74, 6) is -2.63. The third-order valence-corrected chi connectivity index (χ3v) is 7.70. The number of sulfonamides is 1. The molecule has 4 heterocycles. The zero-order valence-corrected chi connectivity index (χ0v) is 22.0. The Morgan fingerprint density at radius 1 is 1.18 bits per heavy atom. The lowest BCUT2D eigenvalue weighted by Gasteiger charge is -2.37. The van der Waals surface area contributed by atoms with Gasteiger partial charge in [0.25, 0.3) is 10.0 Å². The molecule has 1 aromatic carbocycles. The summed E-state index contributed by atoms with van der Waals surface area (Å²) >= 11 is 0. The Kier molecular flexibility index (Phi) is 7.16. The van der Waals surface area contributed by atoms with E-state index in [0.717, 1.165) is 18.2 Å². The van der Waals surface area contributed by atoms with E-state index in [1.165, 1.54) is 24.3 Å². The van der Waals surface area contributed by atoms with E-state index >= 15 is 0 Å². The average Bonchev–Trinajstić information content (AvgIpc) is 2.92. The Hall–Kier alpha value is -4.50. The van der Waals surface area contributed by atoms with E-state index in [9.17, 15) is 27.1 Å². The fourth-order valence-electron chi connectivity index (χ4n) is 4.46. The van der Waals surface area contributed by atoms with Gasteiger partial charge in [-0.3, -0.25) is 14.6 Å². The molecule has 12 nitrogen and oxygen atoms in total. The summed E-state index contributed by atoms with van der Waals surface area (Å²) in [6.45, 7) is 2.36. The number of anilines is 1. The highest BCUT2D eigenvalue weighted by Crippen LogP contribution is 2.33. The maximum atomic E-state index is 14.3. The van der Waals surface area contributed by atoms with Gasteiger partial charge >= 0.3 is 6.09 Å². The third-order valence-electron chi connectivity index (χ3n) is 6.28. The standard InChI is InChI=1S/C25H23F2N7O5S/c1-13-12-34(25(35)36)19(11-29-13)21-20-17(7-4-8-28-20)31-23(32-21)14-9-18(24(39-2)30-10-14)33-40(37,38)22-15(26)5-3-6-16(22)27/h3-10,13,19,29,33H,11-12H2,1-2H3,(H,35,36). The molecular formula is C25H23F2N7O5S. The van der Waals surface area contributed by atoms with Gasteiger partial charge in [0, 0.05) is 37.1 Å². The molecule has 0 spiro atoms. The second-order valence-corrected chi connectivity index (χ2v) is 10.6. The highest BCUT2D eigenvalue weighted by Gasteiger charge is 2.34. The molecule has 2 unspecified atom stereocenters. The summed E-state index contributed by atoms with van der Waals surface area (Å²) in [5, 5.41) is 13.1. The van der Waals surface area contributed by atoms with E-state index in [-0.39, 0.29) is 42.1 Å². The molecule has 1 aliphatic rings. The first kappa shape index (κ1) is 27.1. The van der Waals surface area contributed by atoms with Gasteiger partial charge < -0.3 is 15.2 Å². The van der Waals surface area contributed by atoms with Gasteiger partial charge in [0.1, 0.15) is 22.8 Å². The molecule has 208 valence electrons. The minimum Gasteiger partial charge on any atom is -0.480 e. The van der Waals surface area contributed by atoms with E-state index in [2.05, 4.69) is 30.0 Å². The first-order valence-corrected chi connectivity index (χ1v) is 13.4. The number of aromatic nitrogens is 4. The maximum Gasteiger partial charge on any atom is 0.407 e. The molecule has 4 aromatic rings. The fraction of sp³-hybridized carbons (Fsp3) is 0.240. The smallest absolute Gasteiger partial charge is 0.407 e. The SMILES string of the molecule is COc1ncc(-c2nc(C3CNC(C)CN3C(=O)O)c3ncccc3n2)cc1NS(=O)(=O)c1c(F)cccc1F. The van der Waals surface area contributed by atoms with Gasteiger partial charge in [-0.1, -0.05) is 6.07 Å². The number of rotatable bonds is 6. The molecule has 1 fully saturated rings. The third kappa shape index (κ3) is 5.08. The van der Waals surface area contributed by atoms with E-state index in [0.29, 0.717) is 16.7 Å². The molecule has 1 saturated heterocycles. The zero-order chi connectivity index (χ0) is 28.6. The largest absolute Gasteiger partial charge is 0.480 e. The molecule has 15 heteroatoms. The average molecular weight is 572 g/mol. The maximum absolute atomic E-state index is 14.3. The Labute approximate surface area is 227 Å². The number of amides is 1. The van der Waals surface area contributed by atoms with Gasteiger partial charge in [-0.15, -0.1) is 0 Å². The van der Waals surface area contributed by atoms with Crippen molar-refractivity contribution in [2.75, 3.05) is 24.9 Å². The number of nitrogens with zero attached hydrogens (tertiary/aromatic N) is 5. The van der Waals surface area contributed by atoms with Crippen molar-refractivity contribution in [2.24, 2.45) is 0 Å². The van der Waals surface area contributed by atoms with Crippen molar-refractivity contribution >= 4 is 32.8 Å². The Balaban J connectivity index is 1.62. The predicted octanol–water partition coefficient (Wildman–Crippen LogP) is 3.19. The van der Waals surface area contributed by atoms with Crippen LogP contribution >= 0.6 is 0 Å². The first-order valence-electron chi connectivity index (χ1n) is 12.0. The molecule has 5 rings (SSSR count). The number of hydrogen-bond donors (Lipinski definition) is 3. The van der Waals surface area contributed by atoms with Gasteiger partial charge in [0.05, 0.1) is 24.4 Å². The van der Waals surface area contributed by atoms with Crippen LogP contribution in [-0.2, 0) is 10.0 Å². The number of pyridine rings is 2. The fourth-order valence-corrected chi connectivity index (χ4v) is 5.65. The lowest BCUT2D eigenvalue weighted by atomic mass is 10.0. The summed E-state index contributed by atoms with van der Waals surface area (Å²) in [6.07, 6.45) is 1.76.